The van der Waals surface area contributed by atoms with Crippen LogP contribution in [0.3, 0.4) is 0 Å². The maximum atomic E-state index is 12.4. The maximum absolute atomic E-state index is 12.4. The first-order valence-corrected chi connectivity index (χ1v) is 6.69. The molecule has 1 aliphatic rings. The molecular weight excluding hydrogens is 296 g/mol. The lowest BCUT2D eigenvalue weighted by Crippen LogP contribution is -2.42. The zero-order valence-corrected chi connectivity index (χ0v) is 11.4. The number of carbonyl (C=O) groups excluding carboxylic acids is 1. The van der Waals surface area contributed by atoms with E-state index >= 15 is 0 Å². The maximum Gasteiger partial charge on any atom is 0.328 e. The molecule has 2 aromatic rings. The summed E-state index contributed by atoms with van der Waals surface area (Å²) in [6.07, 6.45) is 1.83. The fourth-order valence-corrected chi connectivity index (χ4v) is 2.69. The van der Waals surface area contributed by atoms with E-state index in [4.69, 9.17) is 4.74 Å². The van der Waals surface area contributed by atoms with Gasteiger partial charge in [-0.05, 0) is 18.2 Å². The van der Waals surface area contributed by atoms with E-state index in [9.17, 15) is 4.79 Å². The van der Waals surface area contributed by atoms with Gasteiger partial charge in [0.25, 0.3) is 0 Å². The molecule has 4 nitrogen and oxygen atoms in total. The molecule has 0 spiro atoms. The number of nitrogens with zero attached hydrogens (tertiary/aromatic N) is 2. The van der Waals surface area contributed by atoms with E-state index in [1.807, 2.05) is 35.4 Å². The molecular formula is C13H13BrN2O2. The van der Waals surface area contributed by atoms with Gasteiger partial charge in [0.2, 0.25) is 0 Å². The van der Waals surface area contributed by atoms with Gasteiger partial charge in [-0.15, -0.1) is 0 Å². The molecule has 0 aliphatic carbocycles. The van der Waals surface area contributed by atoms with Crippen LogP contribution in [0.4, 0.5) is 4.79 Å². The van der Waals surface area contributed by atoms with Crippen molar-refractivity contribution in [3.05, 3.63) is 34.9 Å². The summed E-state index contributed by atoms with van der Waals surface area (Å²) in [5.74, 6) is 0. The smallest absolute Gasteiger partial charge is 0.328 e. The molecule has 0 saturated carbocycles. The van der Waals surface area contributed by atoms with Crippen LogP contribution in [0.15, 0.2) is 34.9 Å². The third-order valence-corrected chi connectivity index (χ3v) is 3.86. The number of ether oxygens (including phenoxy) is 1. The normalized spacial score (nSPS) is 16.2. The average Bonchev–Trinajstić information content (AvgIpc) is 2.84. The third-order valence-electron chi connectivity index (χ3n) is 3.17. The van der Waals surface area contributed by atoms with Crippen molar-refractivity contribution in [2.75, 3.05) is 26.3 Å². The number of aromatic nitrogens is 1. The first kappa shape index (κ1) is 11.7. The Hall–Kier alpha value is -1.33. The number of carbonyl (C=O) groups is 1. The van der Waals surface area contributed by atoms with E-state index < -0.39 is 0 Å². The molecule has 1 fully saturated rings. The second-order valence-electron chi connectivity index (χ2n) is 4.24. The number of benzene rings is 1. The van der Waals surface area contributed by atoms with Crippen molar-refractivity contribution in [3.8, 4) is 0 Å². The number of hydrogen-bond donors (Lipinski definition) is 0. The van der Waals surface area contributed by atoms with Crippen molar-refractivity contribution >= 4 is 32.9 Å². The molecule has 0 radical (unpaired) electrons. The molecule has 0 bridgehead atoms. The number of halogens is 1. The van der Waals surface area contributed by atoms with Gasteiger partial charge in [0.1, 0.15) is 0 Å². The van der Waals surface area contributed by atoms with E-state index in [1.165, 1.54) is 0 Å². The van der Waals surface area contributed by atoms with Gasteiger partial charge in [-0.1, -0.05) is 22.0 Å². The van der Waals surface area contributed by atoms with Crippen LogP contribution in [0.2, 0.25) is 0 Å². The Balaban J connectivity index is 1.98. The highest BCUT2D eigenvalue weighted by Crippen LogP contribution is 2.25. The number of fused-ring (bicyclic) bond motifs is 1. The van der Waals surface area contributed by atoms with Gasteiger partial charge in [0, 0.05) is 29.1 Å². The molecule has 94 valence electrons. The Bertz CT molecular complexity index is 588. The fraction of sp³-hybridized carbons (Fsp3) is 0.308. The predicted octanol–water partition coefficient (Wildman–Crippen LogP) is 2.70. The lowest BCUT2D eigenvalue weighted by Gasteiger charge is -2.27. The minimum absolute atomic E-state index is 0.0198. The zero-order chi connectivity index (χ0) is 12.5. The first-order chi connectivity index (χ1) is 8.77. The third kappa shape index (κ3) is 1.93. The quantitative estimate of drug-likeness (QED) is 0.750. The fourth-order valence-electron chi connectivity index (χ4n) is 2.20. The van der Waals surface area contributed by atoms with Crippen LogP contribution in [0.25, 0.3) is 10.9 Å². The second-order valence-corrected chi connectivity index (χ2v) is 5.09. The van der Waals surface area contributed by atoms with E-state index in [0.29, 0.717) is 26.3 Å². The lowest BCUT2D eigenvalue weighted by atomic mass is 10.2. The Labute approximate surface area is 113 Å². The van der Waals surface area contributed by atoms with Crippen molar-refractivity contribution in [1.82, 2.24) is 9.47 Å². The highest BCUT2D eigenvalue weighted by atomic mass is 79.9. The summed E-state index contributed by atoms with van der Waals surface area (Å²) < 4.78 is 7.97. The molecule has 5 heteroatoms. The summed E-state index contributed by atoms with van der Waals surface area (Å²) in [6.45, 7) is 2.56. The van der Waals surface area contributed by atoms with Gasteiger partial charge in [-0.25, -0.2) is 4.79 Å². The first-order valence-electron chi connectivity index (χ1n) is 5.90. The summed E-state index contributed by atoms with van der Waals surface area (Å²) in [5, 5.41) is 1.05. The van der Waals surface area contributed by atoms with Crippen molar-refractivity contribution in [2.45, 2.75) is 0 Å². The second kappa shape index (κ2) is 4.74. The molecule has 1 aliphatic heterocycles. The Morgan fingerprint density at radius 1 is 1.22 bits per heavy atom. The standard InChI is InChI=1S/C13H13BrN2O2/c14-11-2-1-3-12-10(11)4-5-16(12)13(17)15-6-8-18-9-7-15/h1-5H,6-9H2. The van der Waals surface area contributed by atoms with Gasteiger partial charge >= 0.3 is 6.03 Å². The van der Waals surface area contributed by atoms with Crippen LogP contribution in [0.5, 0.6) is 0 Å². The molecule has 18 heavy (non-hydrogen) atoms. The van der Waals surface area contributed by atoms with E-state index in [2.05, 4.69) is 15.9 Å². The number of hydrogen-bond acceptors (Lipinski definition) is 2. The van der Waals surface area contributed by atoms with E-state index in [-0.39, 0.29) is 6.03 Å². The van der Waals surface area contributed by atoms with Gasteiger partial charge in [-0.2, -0.15) is 0 Å². The predicted molar refractivity (Wildman–Crippen MR) is 72.8 cm³/mol. The van der Waals surface area contributed by atoms with Crippen LogP contribution in [-0.2, 0) is 4.74 Å². The molecule has 0 unspecified atom stereocenters. The van der Waals surface area contributed by atoms with Gasteiger partial charge < -0.3 is 9.64 Å². The highest BCUT2D eigenvalue weighted by Gasteiger charge is 2.19. The largest absolute Gasteiger partial charge is 0.378 e. The van der Waals surface area contributed by atoms with Crippen LogP contribution in [-0.4, -0.2) is 41.8 Å². The van der Waals surface area contributed by atoms with Crippen molar-refractivity contribution < 1.29 is 9.53 Å². The molecule has 1 saturated heterocycles. The monoisotopic (exact) mass is 308 g/mol. The van der Waals surface area contributed by atoms with Crippen LogP contribution < -0.4 is 0 Å². The Kier molecular flexibility index (Phi) is 3.09. The number of amides is 1. The average molecular weight is 309 g/mol. The summed E-state index contributed by atoms with van der Waals surface area (Å²) in [5.41, 5.74) is 0.931. The van der Waals surface area contributed by atoms with Crippen LogP contribution >= 0.6 is 15.9 Å². The van der Waals surface area contributed by atoms with Crippen molar-refractivity contribution in [1.29, 1.82) is 0 Å². The summed E-state index contributed by atoms with van der Waals surface area (Å²) in [4.78, 5) is 14.2. The Morgan fingerprint density at radius 2 is 2.00 bits per heavy atom. The van der Waals surface area contributed by atoms with Gasteiger partial charge in [0.15, 0.2) is 0 Å². The molecule has 1 aromatic carbocycles. The topological polar surface area (TPSA) is 34.5 Å². The minimum Gasteiger partial charge on any atom is -0.378 e. The minimum atomic E-state index is 0.0198. The van der Waals surface area contributed by atoms with E-state index in [1.54, 1.807) is 4.57 Å². The summed E-state index contributed by atoms with van der Waals surface area (Å²) in [7, 11) is 0. The molecule has 1 amide bonds. The van der Waals surface area contributed by atoms with Crippen molar-refractivity contribution in [3.63, 3.8) is 0 Å². The lowest BCUT2D eigenvalue weighted by molar-refractivity contribution is 0.0538. The molecule has 0 atom stereocenters. The van der Waals surface area contributed by atoms with Crippen molar-refractivity contribution in [2.24, 2.45) is 0 Å². The highest BCUT2D eigenvalue weighted by molar-refractivity contribution is 9.10. The Morgan fingerprint density at radius 3 is 2.78 bits per heavy atom. The molecule has 1 aromatic heterocycles. The SMILES string of the molecule is O=C(N1CCOCC1)n1ccc2c(Br)cccc21. The molecule has 3 rings (SSSR count). The zero-order valence-electron chi connectivity index (χ0n) is 9.80. The van der Waals surface area contributed by atoms with Crippen LogP contribution in [0.1, 0.15) is 0 Å². The molecule has 2 heterocycles. The van der Waals surface area contributed by atoms with Crippen LogP contribution in [0, 0.1) is 0 Å². The number of morpholine rings is 1. The van der Waals surface area contributed by atoms with E-state index in [0.717, 1.165) is 15.4 Å². The summed E-state index contributed by atoms with van der Waals surface area (Å²) in [6, 6.07) is 7.85. The number of rotatable bonds is 0. The summed E-state index contributed by atoms with van der Waals surface area (Å²) >= 11 is 3.50. The molecule has 0 N–H and O–H groups in total. The van der Waals surface area contributed by atoms with Gasteiger partial charge in [-0.3, -0.25) is 4.57 Å². The van der Waals surface area contributed by atoms with Gasteiger partial charge in [0.05, 0.1) is 18.7 Å².